The van der Waals surface area contributed by atoms with Gasteiger partial charge in [0.05, 0.1) is 5.69 Å². The van der Waals surface area contributed by atoms with Gasteiger partial charge in [0.2, 0.25) is 0 Å². The second-order valence-corrected chi connectivity index (χ2v) is 7.13. The van der Waals surface area contributed by atoms with Crippen molar-refractivity contribution in [3.05, 3.63) is 41.6 Å². The van der Waals surface area contributed by atoms with E-state index in [4.69, 9.17) is 19.4 Å². The van der Waals surface area contributed by atoms with Crippen molar-refractivity contribution in [3.63, 3.8) is 0 Å². The Morgan fingerprint density at radius 3 is 2.80 bits per heavy atom. The Kier molecular flexibility index (Phi) is 4.66. The van der Waals surface area contributed by atoms with Crippen LogP contribution in [-0.4, -0.2) is 29.0 Å². The average Bonchev–Trinajstić information content (AvgIpc) is 3.02. The zero-order chi connectivity index (χ0) is 17.2. The van der Waals surface area contributed by atoms with E-state index in [-0.39, 0.29) is 0 Å². The molecule has 0 amide bonds. The van der Waals surface area contributed by atoms with Gasteiger partial charge in [-0.05, 0) is 30.3 Å². The molecule has 4 nitrogen and oxygen atoms in total. The van der Waals surface area contributed by atoms with Crippen LogP contribution in [0.3, 0.4) is 0 Å². The van der Waals surface area contributed by atoms with E-state index in [9.17, 15) is 0 Å². The fraction of sp³-hybridized carbons (Fsp3) is 0.368. The lowest BCUT2D eigenvalue weighted by molar-refractivity contribution is 0.373. The van der Waals surface area contributed by atoms with Gasteiger partial charge >= 0.3 is 0 Å². The fourth-order valence-corrected chi connectivity index (χ4v) is 3.79. The molecular formula is C19H20BClN4. The molecule has 0 atom stereocenters. The Morgan fingerprint density at radius 2 is 2.00 bits per heavy atom. The molecule has 2 aromatic heterocycles. The molecule has 3 aromatic rings. The maximum absolute atomic E-state index is 6.36. The predicted molar refractivity (Wildman–Crippen MR) is 104 cm³/mol. The molecule has 1 fully saturated rings. The summed E-state index contributed by atoms with van der Waals surface area (Å²) in [6.45, 7) is 0.945. The van der Waals surface area contributed by atoms with Gasteiger partial charge in [-0.1, -0.05) is 49.1 Å². The predicted octanol–water partition coefficient (Wildman–Crippen LogP) is 3.84. The number of rotatable bonds is 4. The maximum atomic E-state index is 6.36. The largest absolute Gasteiger partial charge is 0.370 e. The first kappa shape index (κ1) is 16.5. The second-order valence-electron chi connectivity index (χ2n) is 6.73. The lowest BCUT2D eigenvalue weighted by Crippen LogP contribution is -2.19. The Labute approximate surface area is 154 Å². The lowest BCUT2D eigenvalue weighted by atomic mass is 9.89. The van der Waals surface area contributed by atoms with Gasteiger partial charge < -0.3 is 5.32 Å². The van der Waals surface area contributed by atoms with Gasteiger partial charge in [-0.25, -0.2) is 4.98 Å². The van der Waals surface area contributed by atoms with Crippen molar-refractivity contribution in [1.82, 2.24) is 14.6 Å². The normalized spacial score (nSPS) is 15.6. The van der Waals surface area contributed by atoms with Gasteiger partial charge in [0.1, 0.15) is 13.7 Å². The van der Waals surface area contributed by atoms with E-state index in [1.165, 1.54) is 32.1 Å². The van der Waals surface area contributed by atoms with Gasteiger partial charge in [-0.3, -0.25) is 0 Å². The number of hydrogen-bond acceptors (Lipinski definition) is 3. The van der Waals surface area contributed by atoms with Crippen molar-refractivity contribution in [3.8, 4) is 11.3 Å². The van der Waals surface area contributed by atoms with Crippen LogP contribution in [0.1, 0.15) is 32.1 Å². The Morgan fingerprint density at radius 1 is 1.20 bits per heavy atom. The molecule has 6 heteroatoms. The lowest BCUT2D eigenvalue weighted by Gasteiger charge is -2.22. The Bertz CT molecular complexity index is 886. The van der Waals surface area contributed by atoms with Crippen LogP contribution in [-0.2, 0) is 0 Å². The van der Waals surface area contributed by atoms with Crippen LogP contribution in [0.15, 0.2) is 36.5 Å². The summed E-state index contributed by atoms with van der Waals surface area (Å²) < 4.78 is 1.78. The molecular weight excluding hydrogens is 331 g/mol. The fourth-order valence-electron chi connectivity index (χ4n) is 3.55. The minimum atomic E-state index is 0.564. The number of nitrogens with zero attached hydrogens (tertiary/aromatic N) is 3. The van der Waals surface area contributed by atoms with E-state index in [1.54, 1.807) is 10.7 Å². The standard InChI is InChI=1S/C19H20BClN4/c20-15-12-23-25-18(22-11-13-6-2-1-3-7-13)10-17(24-19(15)25)14-8-4-5-9-16(14)21/h4-5,8-10,12-13,22H,1-3,6-7,11H2. The third-order valence-corrected chi connectivity index (χ3v) is 5.28. The number of hydrogen-bond donors (Lipinski definition) is 1. The molecule has 1 aliphatic rings. The number of nitrogens with one attached hydrogen (secondary N) is 1. The van der Waals surface area contributed by atoms with Gasteiger partial charge in [0, 0.05) is 29.4 Å². The average molecular weight is 351 g/mol. The third kappa shape index (κ3) is 3.38. The minimum Gasteiger partial charge on any atom is -0.370 e. The van der Waals surface area contributed by atoms with Crippen molar-refractivity contribution >= 4 is 36.4 Å². The first-order chi connectivity index (χ1) is 12.2. The highest BCUT2D eigenvalue weighted by Crippen LogP contribution is 2.29. The summed E-state index contributed by atoms with van der Waals surface area (Å²) in [6.07, 6.45) is 8.25. The van der Waals surface area contributed by atoms with Crippen LogP contribution < -0.4 is 10.8 Å². The topological polar surface area (TPSA) is 42.2 Å². The first-order valence-corrected chi connectivity index (χ1v) is 9.23. The van der Waals surface area contributed by atoms with Crippen molar-refractivity contribution in [2.24, 2.45) is 5.92 Å². The summed E-state index contributed by atoms with van der Waals surface area (Å²) in [6, 6.07) is 9.72. The van der Waals surface area contributed by atoms with E-state index in [0.717, 1.165) is 23.6 Å². The molecule has 0 spiro atoms. The molecule has 0 unspecified atom stereocenters. The highest BCUT2D eigenvalue weighted by Gasteiger charge is 2.16. The highest BCUT2D eigenvalue weighted by atomic mass is 35.5. The number of halogens is 1. The number of anilines is 1. The number of benzene rings is 1. The highest BCUT2D eigenvalue weighted by molar-refractivity contribution is 6.36. The minimum absolute atomic E-state index is 0.564. The van der Waals surface area contributed by atoms with E-state index in [1.807, 2.05) is 30.3 Å². The summed E-state index contributed by atoms with van der Waals surface area (Å²) in [5.41, 5.74) is 2.92. The third-order valence-electron chi connectivity index (χ3n) is 4.95. The zero-order valence-corrected chi connectivity index (χ0v) is 14.8. The molecule has 0 aliphatic heterocycles. The Balaban J connectivity index is 1.70. The van der Waals surface area contributed by atoms with Gasteiger partial charge in [0.25, 0.3) is 0 Å². The SMILES string of the molecule is [B]c1cnn2c(NCC3CCCCC3)cc(-c3ccccc3Cl)nc12. The van der Waals surface area contributed by atoms with E-state index < -0.39 is 0 Å². The summed E-state index contributed by atoms with van der Waals surface area (Å²) in [7, 11) is 6.06. The van der Waals surface area contributed by atoms with Gasteiger partial charge in [-0.2, -0.15) is 9.61 Å². The van der Waals surface area contributed by atoms with Crippen LogP contribution in [0.25, 0.3) is 16.9 Å². The molecule has 1 aliphatic carbocycles. The molecule has 1 N–H and O–H groups in total. The van der Waals surface area contributed by atoms with Crippen molar-refractivity contribution in [2.75, 3.05) is 11.9 Å². The molecule has 1 aromatic carbocycles. The maximum Gasteiger partial charge on any atom is 0.150 e. The monoisotopic (exact) mass is 350 g/mol. The quantitative estimate of drug-likeness (QED) is 0.727. The smallest absolute Gasteiger partial charge is 0.150 e. The first-order valence-electron chi connectivity index (χ1n) is 8.85. The zero-order valence-electron chi connectivity index (χ0n) is 14.1. The van der Waals surface area contributed by atoms with Crippen molar-refractivity contribution in [2.45, 2.75) is 32.1 Å². The van der Waals surface area contributed by atoms with Gasteiger partial charge in [0.15, 0.2) is 5.65 Å². The van der Waals surface area contributed by atoms with Crippen molar-refractivity contribution < 1.29 is 0 Å². The number of aromatic nitrogens is 3. The van der Waals surface area contributed by atoms with Crippen LogP contribution in [0.4, 0.5) is 5.82 Å². The van der Waals surface area contributed by atoms with Crippen LogP contribution in [0.5, 0.6) is 0 Å². The molecule has 2 radical (unpaired) electrons. The van der Waals surface area contributed by atoms with E-state index in [2.05, 4.69) is 15.4 Å². The molecule has 2 heterocycles. The molecule has 0 saturated heterocycles. The van der Waals surface area contributed by atoms with Crippen molar-refractivity contribution in [1.29, 1.82) is 0 Å². The van der Waals surface area contributed by atoms with Crippen LogP contribution in [0.2, 0.25) is 5.02 Å². The van der Waals surface area contributed by atoms with E-state index in [0.29, 0.717) is 22.1 Å². The molecule has 126 valence electrons. The van der Waals surface area contributed by atoms with Crippen LogP contribution in [0, 0.1) is 5.92 Å². The molecule has 1 saturated carbocycles. The summed E-state index contributed by atoms with van der Waals surface area (Å²) in [5, 5.41) is 8.61. The second kappa shape index (κ2) is 7.08. The molecule has 25 heavy (non-hydrogen) atoms. The van der Waals surface area contributed by atoms with Crippen LogP contribution >= 0.6 is 11.6 Å². The Hall–Kier alpha value is -2.01. The summed E-state index contributed by atoms with van der Waals surface area (Å²) in [4.78, 5) is 4.67. The van der Waals surface area contributed by atoms with Gasteiger partial charge in [-0.15, -0.1) is 0 Å². The summed E-state index contributed by atoms with van der Waals surface area (Å²) in [5.74, 6) is 1.62. The number of fused-ring (bicyclic) bond motifs is 1. The van der Waals surface area contributed by atoms with E-state index >= 15 is 0 Å². The molecule has 4 rings (SSSR count). The summed E-state index contributed by atoms with van der Waals surface area (Å²) >= 11 is 6.36. The molecule has 0 bridgehead atoms.